The molecule has 3 heteroatoms. The summed E-state index contributed by atoms with van der Waals surface area (Å²) in [4.78, 5) is 13.9. The highest BCUT2D eigenvalue weighted by Crippen LogP contribution is 2.44. The van der Waals surface area contributed by atoms with Crippen LogP contribution < -0.4 is 10.6 Å². The highest BCUT2D eigenvalue weighted by atomic mass is 16.2. The van der Waals surface area contributed by atoms with Crippen LogP contribution in [0.2, 0.25) is 0 Å². The summed E-state index contributed by atoms with van der Waals surface area (Å²) in [7, 11) is 0. The quantitative estimate of drug-likeness (QED) is 0.842. The molecule has 90 valence electrons. The van der Waals surface area contributed by atoms with Gasteiger partial charge in [0.05, 0.1) is 0 Å². The number of rotatable bonds is 2. The van der Waals surface area contributed by atoms with E-state index in [9.17, 15) is 4.79 Å². The number of hydrogen-bond acceptors (Lipinski definition) is 2. The second-order valence-corrected chi connectivity index (χ2v) is 5.47. The monoisotopic (exact) mass is 230 g/mol. The van der Waals surface area contributed by atoms with E-state index in [2.05, 4.69) is 6.92 Å². The van der Waals surface area contributed by atoms with E-state index in [1.54, 1.807) is 0 Å². The minimum Gasteiger partial charge on any atom is -0.325 e. The van der Waals surface area contributed by atoms with Crippen molar-refractivity contribution in [2.45, 2.75) is 31.7 Å². The van der Waals surface area contributed by atoms with Crippen LogP contribution in [0.1, 0.15) is 24.8 Å². The van der Waals surface area contributed by atoms with Gasteiger partial charge < -0.3 is 10.6 Å². The molecule has 1 aromatic rings. The Balaban J connectivity index is 1.80. The van der Waals surface area contributed by atoms with Crippen LogP contribution in [0.25, 0.3) is 0 Å². The van der Waals surface area contributed by atoms with Gasteiger partial charge in [-0.3, -0.25) is 4.79 Å². The first-order valence-electron chi connectivity index (χ1n) is 6.24. The molecule has 0 radical (unpaired) electrons. The van der Waals surface area contributed by atoms with Gasteiger partial charge in [-0.15, -0.1) is 0 Å². The number of hydrogen-bond donors (Lipinski definition) is 1. The molecular weight excluding hydrogens is 212 g/mol. The zero-order valence-corrected chi connectivity index (χ0v) is 10.1. The molecule has 1 saturated carbocycles. The summed E-state index contributed by atoms with van der Waals surface area (Å²) in [6, 6.07) is 8.13. The third-order valence-corrected chi connectivity index (χ3v) is 4.11. The zero-order valence-electron chi connectivity index (χ0n) is 10.1. The second kappa shape index (κ2) is 3.57. The van der Waals surface area contributed by atoms with E-state index >= 15 is 0 Å². The molecule has 1 unspecified atom stereocenters. The largest absolute Gasteiger partial charge is 0.325 e. The first-order valence-corrected chi connectivity index (χ1v) is 6.24. The lowest BCUT2D eigenvalue weighted by Gasteiger charge is -2.19. The first-order chi connectivity index (χ1) is 8.08. The number of carbonyl (C=O) groups excluding carboxylic acids is 1. The SMILES string of the molecule is Cc1ccc(N2CC(C3(N)CC3)CC2=O)cc1. The summed E-state index contributed by atoms with van der Waals surface area (Å²) in [5.74, 6) is 0.562. The Labute approximate surface area is 102 Å². The summed E-state index contributed by atoms with van der Waals surface area (Å²) in [6.07, 6.45) is 2.77. The minimum atomic E-state index is -0.0465. The Morgan fingerprint density at radius 2 is 1.94 bits per heavy atom. The number of anilines is 1. The minimum absolute atomic E-state index is 0.0465. The average Bonchev–Trinajstić information content (AvgIpc) is 2.93. The topological polar surface area (TPSA) is 46.3 Å². The molecule has 2 aliphatic rings. The number of benzene rings is 1. The Morgan fingerprint density at radius 3 is 2.53 bits per heavy atom. The van der Waals surface area contributed by atoms with E-state index in [0.717, 1.165) is 25.1 Å². The summed E-state index contributed by atoms with van der Waals surface area (Å²) in [5.41, 5.74) is 8.38. The van der Waals surface area contributed by atoms with Gasteiger partial charge in [-0.2, -0.15) is 0 Å². The van der Waals surface area contributed by atoms with Gasteiger partial charge in [0.15, 0.2) is 0 Å². The molecule has 0 spiro atoms. The fourth-order valence-corrected chi connectivity index (χ4v) is 2.62. The van der Waals surface area contributed by atoms with E-state index in [1.165, 1.54) is 5.56 Å². The molecule has 1 aromatic carbocycles. The van der Waals surface area contributed by atoms with Crippen molar-refractivity contribution in [2.75, 3.05) is 11.4 Å². The highest BCUT2D eigenvalue weighted by molar-refractivity contribution is 5.96. The molecular formula is C14H18N2O. The van der Waals surface area contributed by atoms with Crippen molar-refractivity contribution >= 4 is 11.6 Å². The average molecular weight is 230 g/mol. The Kier molecular flexibility index (Phi) is 2.26. The second-order valence-electron chi connectivity index (χ2n) is 5.47. The van der Waals surface area contributed by atoms with Crippen molar-refractivity contribution in [3.8, 4) is 0 Å². The van der Waals surface area contributed by atoms with Crippen molar-refractivity contribution in [1.29, 1.82) is 0 Å². The maximum Gasteiger partial charge on any atom is 0.227 e. The fraction of sp³-hybridized carbons (Fsp3) is 0.500. The summed E-state index contributed by atoms with van der Waals surface area (Å²) in [6.45, 7) is 2.84. The van der Waals surface area contributed by atoms with Gasteiger partial charge in [0.25, 0.3) is 0 Å². The van der Waals surface area contributed by atoms with E-state index in [0.29, 0.717) is 12.3 Å². The van der Waals surface area contributed by atoms with Gasteiger partial charge in [0.2, 0.25) is 5.91 Å². The van der Waals surface area contributed by atoms with Crippen LogP contribution in [0.3, 0.4) is 0 Å². The predicted molar refractivity (Wildman–Crippen MR) is 67.8 cm³/mol. The van der Waals surface area contributed by atoms with Gasteiger partial charge >= 0.3 is 0 Å². The van der Waals surface area contributed by atoms with Crippen LogP contribution in [0.5, 0.6) is 0 Å². The van der Waals surface area contributed by atoms with Crippen molar-refractivity contribution in [1.82, 2.24) is 0 Å². The van der Waals surface area contributed by atoms with E-state index in [4.69, 9.17) is 5.73 Å². The van der Waals surface area contributed by atoms with Crippen molar-refractivity contribution in [3.05, 3.63) is 29.8 Å². The van der Waals surface area contributed by atoms with Gasteiger partial charge in [-0.1, -0.05) is 17.7 Å². The first kappa shape index (κ1) is 10.8. The summed E-state index contributed by atoms with van der Waals surface area (Å²) in [5, 5.41) is 0. The van der Waals surface area contributed by atoms with Gasteiger partial charge in [0.1, 0.15) is 0 Å². The molecule has 2 N–H and O–H groups in total. The van der Waals surface area contributed by atoms with Gasteiger partial charge in [0, 0.05) is 30.1 Å². The smallest absolute Gasteiger partial charge is 0.227 e. The Morgan fingerprint density at radius 1 is 1.29 bits per heavy atom. The lowest BCUT2D eigenvalue weighted by molar-refractivity contribution is -0.117. The number of nitrogens with two attached hydrogens (primary N) is 1. The normalized spacial score (nSPS) is 26.4. The molecule has 17 heavy (non-hydrogen) atoms. The van der Waals surface area contributed by atoms with Crippen LogP contribution in [-0.2, 0) is 4.79 Å². The van der Waals surface area contributed by atoms with E-state index in [-0.39, 0.29) is 11.4 Å². The highest BCUT2D eigenvalue weighted by Gasteiger charge is 2.50. The predicted octanol–water partition coefficient (Wildman–Crippen LogP) is 1.84. The van der Waals surface area contributed by atoms with Crippen LogP contribution in [-0.4, -0.2) is 18.0 Å². The molecule has 1 atom stereocenters. The van der Waals surface area contributed by atoms with Crippen molar-refractivity contribution in [2.24, 2.45) is 11.7 Å². The number of nitrogens with zero attached hydrogens (tertiary/aromatic N) is 1. The number of amides is 1. The van der Waals surface area contributed by atoms with Crippen molar-refractivity contribution < 1.29 is 4.79 Å². The number of aryl methyl sites for hydroxylation is 1. The van der Waals surface area contributed by atoms with Crippen LogP contribution in [0.15, 0.2) is 24.3 Å². The Hall–Kier alpha value is -1.35. The summed E-state index contributed by atoms with van der Waals surface area (Å²) < 4.78 is 0. The number of carbonyl (C=O) groups is 1. The maximum absolute atomic E-state index is 12.0. The van der Waals surface area contributed by atoms with E-state index < -0.39 is 0 Å². The van der Waals surface area contributed by atoms with Crippen LogP contribution in [0, 0.1) is 12.8 Å². The molecule has 1 aliphatic heterocycles. The van der Waals surface area contributed by atoms with Crippen LogP contribution in [0.4, 0.5) is 5.69 Å². The molecule has 3 nitrogen and oxygen atoms in total. The molecule has 1 saturated heterocycles. The molecule has 0 aromatic heterocycles. The van der Waals surface area contributed by atoms with E-state index in [1.807, 2.05) is 29.2 Å². The third kappa shape index (κ3) is 1.84. The molecule has 2 fully saturated rings. The summed E-state index contributed by atoms with van der Waals surface area (Å²) >= 11 is 0. The van der Waals surface area contributed by atoms with Crippen molar-refractivity contribution in [3.63, 3.8) is 0 Å². The fourth-order valence-electron chi connectivity index (χ4n) is 2.62. The Bertz CT molecular complexity index is 448. The molecule has 1 aliphatic carbocycles. The lowest BCUT2D eigenvalue weighted by Crippen LogP contribution is -2.34. The molecule has 3 rings (SSSR count). The molecule has 1 amide bonds. The standard InChI is InChI=1S/C14H18N2O/c1-10-2-4-12(5-3-10)16-9-11(8-13(16)17)14(15)6-7-14/h2-5,11H,6-9,15H2,1H3. The zero-order chi connectivity index (χ0) is 12.0. The van der Waals surface area contributed by atoms with Gasteiger partial charge in [-0.05, 0) is 31.9 Å². The van der Waals surface area contributed by atoms with Crippen LogP contribution >= 0.6 is 0 Å². The molecule has 1 heterocycles. The third-order valence-electron chi connectivity index (χ3n) is 4.11. The molecule has 0 bridgehead atoms. The maximum atomic E-state index is 12.0. The lowest BCUT2D eigenvalue weighted by atomic mass is 9.97. The van der Waals surface area contributed by atoms with Gasteiger partial charge in [-0.25, -0.2) is 0 Å².